The molecule has 0 fully saturated rings. The van der Waals surface area contributed by atoms with E-state index in [2.05, 4.69) is 15.5 Å². The smallest absolute Gasteiger partial charge is 0.303 e. The van der Waals surface area contributed by atoms with Gasteiger partial charge in [0.05, 0.1) is 0 Å². The summed E-state index contributed by atoms with van der Waals surface area (Å²) < 4.78 is 7.26. The molecule has 0 amide bonds. The number of furan rings is 1. The first kappa shape index (κ1) is 12.3. The molecule has 102 valence electrons. The molecular weight excluding hydrogens is 260 g/mol. The molecule has 3 rings (SSSR count). The van der Waals surface area contributed by atoms with E-state index in [4.69, 9.17) is 9.52 Å². The summed E-state index contributed by atoms with van der Waals surface area (Å²) in [6.45, 7) is 0.436. The van der Waals surface area contributed by atoms with Gasteiger partial charge in [-0.15, -0.1) is 5.10 Å². The Morgan fingerprint density at radius 2 is 2.20 bits per heavy atom. The maximum Gasteiger partial charge on any atom is 0.303 e. The molecule has 0 saturated carbocycles. The molecule has 20 heavy (non-hydrogen) atoms. The second-order valence-corrected chi connectivity index (χ2v) is 4.37. The highest BCUT2D eigenvalue weighted by atomic mass is 16.4. The molecule has 2 aromatic heterocycles. The molecule has 7 nitrogen and oxygen atoms in total. The van der Waals surface area contributed by atoms with Crippen molar-refractivity contribution in [2.24, 2.45) is 0 Å². The lowest BCUT2D eigenvalue weighted by Gasteiger charge is -2.00. The third-order valence-electron chi connectivity index (χ3n) is 2.94. The van der Waals surface area contributed by atoms with E-state index in [1.165, 1.54) is 0 Å². The highest BCUT2D eigenvalue weighted by molar-refractivity contribution is 5.81. The second-order valence-electron chi connectivity index (χ2n) is 4.37. The highest BCUT2D eigenvalue weighted by Crippen LogP contribution is 2.25. The van der Waals surface area contributed by atoms with Crippen molar-refractivity contribution < 1.29 is 14.3 Å². The van der Waals surface area contributed by atoms with E-state index in [1.54, 1.807) is 4.68 Å². The first-order valence-electron chi connectivity index (χ1n) is 6.21. The Balaban J connectivity index is 1.86. The Morgan fingerprint density at radius 1 is 1.35 bits per heavy atom. The zero-order chi connectivity index (χ0) is 13.9. The first-order chi connectivity index (χ1) is 9.74. The van der Waals surface area contributed by atoms with Gasteiger partial charge in [-0.2, -0.15) is 0 Å². The van der Waals surface area contributed by atoms with Crippen LogP contribution in [0, 0.1) is 0 Å². The molecule has 0 radical (unpaired) electrons. The average molecular weight is 272 g/mol. The van der Waals surface area contributed by atoms with Crippen molar-refractivity contribution >= 4 is 16.9 Å². The van der Waals surface area contributed by atoms with Gasteiger partial charge in [0, 0.05) is 18.4 Å². The van der Waals surface area contributed by atoms with Crippen LogP contribution in [0.1, 0.15) is 12.8 Å². The third-order valence-corrected chi connectivity index (χ3v) is 2.94. The summed E-state index contributed by atoms with van der Waals surface area (Å²) >= 11 is 0. The number of aromatic nitrogens is 4. The lowest BCUT2D eigenvalue weighted by molar-refractivity contribution is -0.137. The summed E-state index contributed by atoms with van der Waals surface area (Å²) in [6.07, 6.45) is 0.549. The molecule has 7 heteroatoms. The topological polar surface area (TPSA) is 94.0 Å². The van der Waals surface area contributed by atoms with Gasteiger partial charge >= 0.3 is 5.97 Å². The minimum atomic E-state index is -0.830. The van der Waals surface area contributed by atoms with Crippen LogP contribution >= 0.6 is 0 Å². The van der Waals surface area contributed by atoms with E-state index in [1.807, 2.05) is 30.3 Å². The Hall–Kier alpha value is -2.70. The summed E-state index contributed by atoms with van der Waals surface area (Å²) in [5.41, 5.74) is 0.766. The molecular formula is C13H12N4O3. The summed E-state index contributed by atoms with van der Waals surface area (Å²) in [7, 11) is 0. The second kappa shape index (κ2) is 5.12. The third kappa shape index (κ3) is 2.37. The molecule has 0 aliphatic rings. The SMILES string of the molecule is O=C(O)CCCn1nnnc1-c1cc2ccccc2o1. The molecule has 0 aliphatic heterocycles. The zero-order valence-electron chi connectivity index (χ0n) is 10.6. The van der Waals surface area contributed by atoms with Crippen molar-refractivity contribution in [2.45, 2.75) is 19.4 Å². The van der Waals surface area contributed by atoms with Crippen LogP contribution < -0.4 is 0 Å². The number of para-hydroxylation sites is 1. The number of carboxylic acids is 1. The van der Waals surface area contributed by atoms with E-state index in [-0.39, 0.29) is 6.42 Å². The first-order valence-corrected chi connectivity index (χ1v) is 6.21. The van der Waals surface area contributed by atoms with Crippen molar-refractivity contribution in [3.63, 3.8) is 0 Å². The number of hydrogen-bond acceptors (Lipinski definition) is 5. The molecule has 0 spiro atoms. The molecule has 0 atom stereocenters. The van der Waals surface area contributed by atoms with Crippen LogP contribution in [-0.4, -0.2) is 31.3 Å². The van der Waals surface area contributed by atoms with Crippen LogP contribution in [0.15, 0.2) is 34.7 Å². The van der Waals surface area contributed by atoms with Crippen LogP contribution in [0.5, 0.6) is 0 Å². The summed E-state index contributed by atoms with van der Waals surface area (Å²) in [4.78, 5) is 10.5. The van der Waals surface area contributed by atoms with Gasteiger partial charge in [-0.05, 0) is 29.0 Å². The van der Waals surface area contributed by atoms with Crippen LogP contribution in [-0.2, 0) is 11.3 Å². The lowest BCUT2D eigenvalue weighted by atomic mass is 10.2. The number of benzene rings is 1. The van der Waals surface area contributed by atoms with Crippen LogP contribution in [0.4, 0.5) is 0 Å². The fraction of sp³-hybridized carbons (Fsp3) is 0.231. The monoisotopic (exact) mass is 272 g/mol. The molecule has 3 aromatic rings. The number of hydrogen-bond donors (Lipinski definition) is 1. The number of fused-ring (bicyclic) bond motifs is 1. The van der Waals surface area contributed by atoms with E-state index >= 15 is 0 Å². The van der Waals surface area contributed by atoms with Crippen LogP contribution in [0.3, 0.4) is 0 Å². The molecule has 0 saturated heterocycles. The number of tetrazole rings is 1. The van der Waals surface area contributed by atoms with E-state index in [0.717, 1.165) is 11.0 Å². The van der Waals surface area contributed by atoms with E-state index < -0.39 is 5.97 Å². The minimum Gasteiger partial charge on any atom is -0.481 e. The minimum absolute atomic E-state index is 0.0828. The predicted molar refractivity (Wildman–Crippen MR) is 69.9 cm³/mol. The number of nitrogens with zero attached hydrogens (tertiary/aromatic N) is 4. The Labute approximate surface area is 113 Å². The number of carbonyl (C=O) groups is 1. The quantitative estimate of drug-likeness (QED) is 0.762. The van der Waals surface area contributed by atoms with Crippen molar-refractivity contribution in [1.29, 1.82) is 0 Å². The molecule has 0 bridgehead atoms. The average Bonchev–Trinajstić information content (AvgIpc) is 3.03. The van der Waals surface area contributed by atoms with Crippen molar-refractivity contribution in [2.75, 3.05) is 0 Å². The highest BCUT2D eigenvalue weighted by Gasteiger charge is 2.14. The maximum absolute atomic E-state index is 10.5. The summed E-state index contributed by atoms with van der Waals surface area (Å²) in [5, 5.41) is 21.0. The van der Waals surface area contributed by atoms with Gasteiger partial charge in [0.15, 0.2) is 5.76 Å². The Morgan fingerprint density at radius 3 is 3.00 bits per heavy atom. The molecule has 2 heterocycles. The standard InChI is InChI=1S/C13H12N4O3/c18-12(19)6-3-7-17-13(14-15-16-17)11-8-9-4-1-2-5-10(9)20-11/h1-2,4-5,8H,3,6-7H2,(H,18,19). The Kier molecular flexibility index (Phi) is 3.16. The lowest BCUT2D eigenvalue weighted by Crippen LogP contribution is -2.05. The number of carboxylic acid groups (broad SMARTS) is 1. The largest absolute Gasteiger partial charge is 0.481 e. The van der Waals surface area contributed by atoms with Gasteiger partial charge in [0.1, 0.15) is 5.58 Å². The fourth-order valence-corrected chi connectivity index (χ4v) is 2.00. The van der Waals surface area contributed by atoms with Crippen molar-refractivity contribution in [3.8, 4) is 11.6 Å². The van der Waals surface area contributed by atoms with Crippen molar-refractivity contribution in [3.05, 3.63) is 30.3 Å². The summed E-state index contributed by atoms with van der Waals surface area (Å²) in [6, 6.07) is 9.51. The molecule has 0 unspecified atom stereocenters. The molecule has 1 aromatic carbocycles. The van der Waals surface area contributed by atoms with Gasteiger partial charge in [-0.3, -0.25) is 4.79 Å². The number of aliphatic carboxylic acids is 1. The van der Waals surface area contributed by atoms with Gasteiger partial charge in [-0.25, -0.2) is 4.68 Å². The van der Waals surface area contributed by atoms with Gasteiger partial charge < -0.3 is 9.52 Å². The van der Waals surface area contributed by atoms with Gasteiger partial charge in [-0.1, -0.05) is 18.2 Å². The number of aryl methyl sites for hydroxylation is 1. The normalized spacial score (nSPS) is 11.0. The van der Waals surface area contributed by atoms with Crippen LogP contribution in [0.2, 0.25) is 0 Å². The maximum atomic E-state index is 10.5. The molecule has 1 N–H and O–H groups in total. The predicted octanol–water partition coefficient (Wildman–Crippen LogP) is 1.95. The van der Waals surface area contributed by atoms with E-state index in [0.29, 0.717) is 24.6 Å². The van der Waals surface area contributed by atoms with Gasteiger partial charge in [0.2, 0.25) is 5.82 Å². The van der Waals surface area contributed by atoms with Crippen LogP contribution in [0.25, 0.3) is 22.6 Å². The van der Waals surface area contributed by atoms with Crippen molar-refractivity contribution in [1.82, 2.24) is 20.2 Å². The zero-order valence-corrected chi connectivity index (χ0v) is 10.6. The van der Waals surface area contributed by atoms with Gasteiger partial charge in [0.25, 0.3) is 0 Å². The fourth-order valence-electron chi connectivity index (χ4n) is 2.00. The Bertz CT molecular complexity index is 714. The number of rotatable bonds is 5. The molecule has 0 aliphatic carbocycles. The summed E-state index contributed by atoms with van der Waals surface area (Å²) in [5.74, 6) is 0.251. The van der Waals surface area contributed by atoms with E-state index in [9.17, 15) is 4.79 Å².